The third-order valence-corrected chi connectivity index (χ3v) is 3.86. The number of quaternary nitrogens is 1. The van der Waals surface area contributed by atoms with E-state index in [1.165, 1.54) is 4.90 Å². The number of morpholine rings is 1. The smallest absolute Gasteiger partial charge is 0.219 e. The van der Waals surface area contributed by atoms with Crippen molar-refractivity contribution in [3.8, 4) is 5.75 Å². The van der Waals surface area contributed by atoms with Gasteiger partial charge in [0, 0.05) is 16.6 Å². The van der Waals surface area contributed by atoms with Crippen molar-refractivity contribution in [1.82, 2.24) is 4.98 Å². The van der Waals surface area contributed by atoms with Crippen LogP contribution >= 0.6 is 0 Å². The fourth-order valence-electron chi connectivity index (χ4n) is 2.83. The summed E-state index contributed by atoms with van der Waals surface area (Å²) >= 11 is 0. The van der Waals surface area contributed by atoms with Gasteiger partial charge in [-0.25, -0.2) is 0 Å². The fourth-order valence-corrected chi connectivity index (χ4v) is 2.83. The second-order valence-electron chi connectivity index (χ2n) is 5.32. The number of aromatic hydroxyl groups is 1. The standard InChI is InChI=1S/C15H18N2O3/c1-10-15(12-8-11(18)2-3-13(12)16-10)14(19)9-17-4-6-20-7-5-17/h2-3,8,16,18H,4-7,9H2,1H3/p+1. The molecule has 5 nitrogen and oxygen atoms in total. The molecule has 1 aromatic carbocycles. The molecule has 1 saturated heterocycles. The lowest BCUT2D eigenvalue weighted by Gasteiger charge is -2.23. The van der Waals surface area contributed by atoms with Gasteiger partial charge in [-0.2, -0.15) is 0 Å². The zero-order valence-electron chi connectivity index (χ0n) is 11.5. The van der Waals surface area contributed by atoms with Crippen molar-refractivity contribution >= 4 is 16.7 Å². The summed E-state index contributed by atoms with van der Waals surface area (Å²) < 4.78 is 5.31. The summed E-state index contributed by atoms with van der Waals surface area (Å²) in [6.07, 6.45) is 0. The Balaban J connectivity index is 1.90. The molecule has 3 rings (SSSR count). The molecule has 2 aromatic rings. The van der Waals surface area contributed by atoms with Gasteiger partial charge in [-0.15, -0.1) is 0 Å². The molecule has 0 aliphatic carbocycles. The molecule has 1 aromatic heterocycles. The minimum Gasteiger partial charge on any atom is -0.508 e. The molecule has 5 heteroatoms. The number of nitrogens with one attached hydrogen (secondary N) is 2. The van der Waals surface area contributed by atoms with Crippen molar-refractivity contribution in [3.05, 3.63) is 29.5 Å². The Bertz CT molecular complexity index is 642. The average Bonchev–Trinajstić information content (AvgIpc) is 2.75. The number of phenolic OH excluding ortho intramolecular Hbond substituents is 1. The Kier molecular flexibility index (Phi) is 3.46. The average molecular weight is 275 g/mol. The zero-order valence-corrected chi connectivity index (χ0v) is 11.5. The molecule has 3 N–H and O–H groups in total. The number of aryl methyl sites for hydroxylation is 1. The Hall–Kier alpha value is -1.85. The molecule has 0 bridgehead atoms. The molecule has 106 valence electrons. The van der Waals surface area contributed by atoms with Crippen LogP contribution in [0.1, 0.15) is 16.1 Å². The highest BCUT2D eigenvalue weighted by molar-refractivity contribution is 6.09. The van der Waals surface area contributed by atoms with Crippen LogP contribution in [-0.2, 0) is 4.74 Å². The Morgan fingerprint density at radius 3 is 2.90 bits per heavy atom. The maximum atomic E-state index is 12.6. The van der Waals surface area contributed by atoms with Crippen LogP contribution in [0.25, 0.3) is 10.9 Å². The number of hydrogen-bond donors (Lipinski definition) is 3. The van der Waals surface area contributed by atoms with Crippen LogP contribution < -0.4 is 4.90 Å². The number of benzene rings is 1. The number of aromatic amines is 1. The molecule has 1 aliphatic rings. The van der Waals surface area contributed by atoms with Crippen LogP contribution in [-0.4, -0.2) is 48.7 Å². The van der Waals surface area contributed by atoms with E-state index in [9.17, 15) is 9.90 Å². The predicted molar refractivity (Wildman–Crippen MR) is 75.4 cm³/mol. The van der Waals surface area contributed by atoms with Crippen molar-refractivity contribution in [1.29, 1.82) is 0 Å². The van der Waals surface area contributed by atoms with E-state index in [0.29, 0.717) is 12.1 Å². The van der Waals surface area contributed by atoms with Crippen molar-refractivity contribution in [2.24, 2.45) is 0 Å². The lowest BCUT2D eigenvalue weighted by molar-refractivity contribution is -0.899. The minimum absolute atomic E-state index is 0.122. The second kappa shape index (κ2) is 5.26. The predicted octanol–water partition coefficient (Wildman–Crippen LogP) is 0.280. The topological polar surface area (TPSA) is 66.8 Å². The number of rotatable bonds is 3. The number of phenols is 1. The Morgan fingerprint density at radius 2 is 2.15 bits per heavy atom. The maximum absolute atomic E-state index is 12.6. The lowest BCUT2D eigenvalue weighted by Crippen LogP contribution is -3.14. The molecule has 0 atom stereocenters. The van der Waals surface area contributed by atoms with E-state index in [2.05, 4.69) is 4.98 Å². The molecule has 2 heterocycles. The molecule has 0 radical (unpaired) electrons. The van der Waals surface area contributed by atoms with Crippen molar-refractivity contribution in [2.75, 3.05) is 32.8 Å². The first-order valence-electron chi connectivity index (χ1n) is 6.91. The van der Waals surface area contributed by atoms with E-state index in [4.69, 9.17) is 4.74 Å². The molecule has 20 heavy (non-hydrogen) atoms. The third-order valence-electron chi connectivity index (χ3n) is 3.86. The van der Waals surface area contributed by atoms with Crippen molar-refractivity contribution in [3.63, 3.8) is 0 Å². The van der Waals surface area contributed by atoms with Crippen LogP contribution in [0.5, 0.6) is 5.75 Å². The normalized spacial score (nSPS) is 16.6. The van der Waals surface area contributed by atoms with Gasteiger partial charge in [-0.3, -0.25) is 4.79 Å². The number of carbonyl (C=O) groups excluding carboxylic acids is 1. The van der Waals surface area contributed by atoms with Gasteiger partial charge in [-0.1, -0.05) is 0 Å². The highest BCUT2D eigenvalue weighted by Gasteiger charge is 2.22. The number of aromatic nitrogens is 1. The second-order valence-corrected chi connectivity index (χ2v) is 5.32. The van der Waals surface area contributed by atoms with Gasteiger partial charge in [0.15, 0.2) is 0 Å². The summed E-state index contributed by atoms with van der Waals surface area (Å²) in [6.45, 7) is 5.56. The SMILES string of the molecule is Cc1[nH]c2ccc(O)cc2c1C(=O)C[NH+]1CCOCC1. The summed E-state index contributed by atoms with van der Waals surface area (Å²) in [7, 11) is 0. The molecule has 1 fully saturated rings. The van der Waals surface area contributed by atoms with Gasteiger partial charge in [0.05, 0.1) is 18.8 Å². The quantitative estimate of drug-likeness (QED) is 0.705. The first-order valence-corrected chi connectivity index (χ1v) is 6.91. The minimum atomic E-state index is 0.122. The number of fused-ring (bicyclic) bond motifs is 1. The first kappa shape index (κ1) is 13.1. The Morgan fingerprint density at radius 1 is 1.40 bits per heavy atom. The van der Waals surface area contributed by atoms with Gasteiger partial charge >= 0.3 is 0 Å². The summed E-state index contributed by atoms with van der Waals surface area (Å²) in [6, 6.07) is 5.08. The summed E-state index contributed by atoms with van der Waals surface area (Å²) in [5.41, 5.74) is 2.46. The van der Waals surface area contributed by atoms with Crippen molar-refractivity contribution in [2.45, 2.75) is 6.92 Å². The van der Waals surface area contributed by atoms with E-state index in [1.54, 1.807) is 18.2 Å². The third kappa shape index (κ3) is 2.42. The lowest BCUT2D eigenvalue weighted by atomic mass is 10.1. The van der Waals surface area contributed by atoms with Gasteiger partial charge in [0.1, 0.15) is 25.4 Å². The largest absolute Gasteiger partial charge is 0.508 e. The van der Waals surface area contributed by atoms with E-state index in [-0.39, 0.29) is 11.5 Å². The first-order chi connectivity index (χ1) is 9.65. The van der Waals surface area contributed by atoms with Gasteiger partial charge in [-0.05, 0) is 25.1 Å². The van der Waals surface area contributed by atoms with Crippen LogP contribution in [0, 0.1) is 6.92 Å². The number of ketones is 1. The summed E-state index contributed by atoms with van der Waals surface area (Å²) in [5.74, 6) is 0.306. The molecule has 0 unspecified atom stereocenters. The van der Waals surface area contributed by atoms with Crippen molar-refractivity contribution < 1.29 is 19.5 Å². The number of hydrogen-bond acceptors (Lipinski definition) is 3. The van der Waals surface area contributed by atoms with E-state index in [0.717, 1.165) is 42.9 Å². The van der Waals surface area contributed by atoms with Crippen LogP contribution in [0.3, 0.4) is 0 Å². The van der Waals surface area contributed by atoms with Gasteiger partial charge in [0.25, 0.3) is 0 Å². The van der Waals surface area contributed by atoms with Crippen LogP contribution in [0.4, 0.5) is 0 Å². The number of H-pyrrole nitrogens is 1. The van der Waals surface area contributed by atoms with E-state index in [1.807, 2.05) is 6.92 Å². The highest BCUT2D eigenvalue weighted by atomic mass is 16.5. The number of carbonyl (C=O) groups is 1. The highest BCUT2D eigenvalue weighted by Crippen LogP contribution is 2.25. The molecular formula is C15H19N2O3+. The van der Waals surface area contributed by atoms with Gasteiger partial charge in [0.2, 0.25) is 5.78 Å². The fraction of sp³-hybridized carbons (Fsp3) is 0.400. The molecule has 0 saturated carbocycles. The number of ether oxygens (including phenoxy) is 1. The van der Waals surface area contributed by atoms with Crippen LogP contribution in [0.15, 0.2) is 18.2 Å². The monoisotopic (exact) mass is 275 g/mol. The Labute approximate surface area is 117 Å². The zero-order chi connectivity index (χ0) is 14.1. The van der Waals surface area contributed by atoms with Crippen LogP contribution in [0.2, 0.25) is 0 Å². The molecular weight excluding hydrogens is 256 g/mol. The molecule has 0 amide bonds. The molecule has 0 spiro atoms. The van der Waals surface area contributed by atoms with Gasteiger partial charge < -0.3 is 19.7 Å². The summed E-state index contributed by atoms with van der Waals surface area (Å²) in [4.78, 5) is 17.0. The maximum Gasteiger partial charge on any atom is 0.219 e. The summed E-state index contributed by atoms with van der Waals surface area (Å²) in [5, 5.41) is 10.4. The van der Waals surface area contributed by atoms with E-state index < -0.39 is 0 Å². The van der Waals surface area contributed by atoms with E-state index >= 15 is 0 Å². The molecule has 1 aliphatic heterocycles. The number of Topliss-reactive ketones (excluding diaryl/α,β-unsaturated/α-hetero) is 1.